The van der Waals surface area contributed by atoms with Crippen LogP contribution >= 0.6 is 11.3 Å². The molecule has 1 spiro atoms. The molecule has 6 rings (SSSR count). The largest absolute Gasteiger partial charge is 0.504 e. The number of ether oxygens (including phenoxy) is 1. The summed E-state index contributed by atoms with van der Waals surface area (Å²) < 4.78 is 46.2. The van der Waals surface area contributed by atoms with Crippen LogP contribution in [0.15, 0.2) is 106 Å². The van der Waals surface area contributed by atoms with Gasteiger partial charge in [0.25, 0.3) is 11.5 Å². The maximum Gasteiger partial charge on any atom is 0.456 e. The Balaban J connectivity index is 1.29. The number of Topliss-reactive ketones (excluding diaryl/α,β-unsaturated/α-hetero) is 1. The lowest BCUT2D eigenvalue weighted by atomic mass is 9.76. The molecular formula is C33H23F3N4O7S. The highest BCUT2D eigenvalue weighted by Gasteiger charge is 2.61. The van der Waals surface area contributed by atoms with E-state index in [1.165, 1.54) is 65.0 Å². The van der Waals surface area contributed by atoms with Crippen molar-refractivity contribution in [2.45, 2.75) is 31.2 Å². The molecule has 244 valence electrons. The molecule has 48 heavy (non-hydrogen) atoms. The van der Waals surface area contributed by atoms with Crippen LogP contribution in [0.4, 0.5) is 30.2 Å². The Morgan fingerprint density at radius 2 is 1.77 bits per heavy atom. The third-order valence-corrected chi connectivity index (χ3v) is 8.82. The maximum absolute atomic E-state index is 13.5. The molecule has 4 aromatic rings. The molecule has 0 saturated carbocycles. The quantitative estimate of drug-likeness (QED) is 0.0675. The molecule has 0 aliphatic carbocycles. The highest BCUT2D eigenvalue weighted by molar-refractivity contribution is 7.11. The summed E-state index contributed by atoms with van der Waals surface area (Å²) in [5, 5.41) is 31.6. The van der Waals surface area contributed by atoms with Gasteiger partial charge in [-0.15, -0.1) is 16.5 Å². The van der Waals surface area contributed by atoms with E-state index in [-0.39, 0.29) is 21.8 Å². The number of para-hydroxylation sites is 1. The number of benzene rings is 3. The number of thiophene rings is 1. The molecule has 0 saturated heterocycles. The molecule has 0 radical (unpaired) electrons. The second kappa shape index (κ2) is 11.8. The number of carbonyl (C=O) groups excluding carboxylic acids is 2. The van der Waals surface area contributed by atoms with Gasteiger partial charge in [-0.1, -0.05) is 24.3 Å². The van der Waals surface area contributed by atoms with E-state index in [2.05, 4.69) is 10.2 Å². The first kappa shape index (κ1) is 32.1. The second-order valence-corrected chi connectivity index (χ2v) is 12.1. The Bertz CT molecular complexity index is 2040. The first-order valence-corrected chi connectivity index (χ1v) is 15.0. The molecule has 0 bridgehead atoms. The molecule has 2 aliphatic heterocycles. The molecule has 1 unspecified atom stereocenters. The minimum absolute atomic E-state index is 0.00864. The van der Waals surface area contributed by atoms with Crippen molar-refractivity contribution in [2.24, 2.45) is 10.2 Å². The van der Waals surface area contributed by atoms with Gasteiger partial charge < -0.3 is 14.7 Å². The fourth-order valence-electron chi connectivity index (χ4n) is 5.42. The molecule has 1 aromatic heterocycles. The van der Waals surface area contributed by atoms with Gasteiger partial charge >= 0.3 is 12.1 Å². The lowest BCUT2D eigenvalue weighted by molar-refractivity contribution is -0.384. The normalized spacial score (nSPS) is 18.2. The fourth-order valence-corrected chi connectivity index (χ4v) is 6.09. The molecule has 0 fully saturated rings. The van der Waals surface area contributed by atoms with Gasteiger partial charge in [0.05, 0.1) is 32.2 Å². The predicted octanol–water partition coefficient (Wildman–Crippen LogP) is 8.47. The summed E-state index contributed by atoms with van der Waals surface area (Å²) in [5.74, 6) is -3.83. The van der Waals surface area contributed by atoms with Crippen LogP contribution in [-0.4, -0.2) is 33.7 Å². The monoisotopic (exact) mass is 676 g/mol. The Morgan fingerprint density at radius 1 is 1.04 bits per heavy atom. The summed E-state index contributed by atoms with van der Waals surface area (Å²) in [5.41, 5.74) is -1.79. The van der Waals surface area contributed by atoms with Crippen LogP contribution in [0.2, 0.25) is 0 Å². The van der Waals surface area contributed by atoms with E-state index in [0.717, 1.165) is 16.9 Å². The number of ketones is 1. The predicted molar refractivity (Wildman–Crippen MR) is 169 cm³/mol. The lowest BCUT2D eigenvalue weighted by Crippen LogP contribution is -2.59. The van der Waals surface area contributed by atoms with Crippen LogP contribution < -0.4 is 9.80 Å². The molecule has 15 heteroatoms. The van der Waals surface area contributed by atoms with Crippen molar-refractivity contribution < 1.29 is 42.4 Å². The molecule has 1 N–H and O–H groups in total. The van der Waals surface area contributed by atoms with Crippen molar-refractivity contribution in [1.29, 1.82) is 0 Å². The number of non-ortho nitro benzene ring substituents is 1. The number of aliphatic hydroxyl groups excluding tert-OH is 1. The molecule has 1 atom stereocenters. The number of alkyl halides is 3. The minimum atomic E-state index is -5.31. The Kier molecular flexibility index (Phi) is 7.87. The number of aliphatic hydroxyl groups is 1. The van der Waals surface area contributed by atoms with Gasteiger partial charge in [-0.3, -0.25) is 14.9 Å². The highest BCUT2D eigenvalue weighted by atomic mass is 32.1. The topological polar surface area (TPSA) is 144 Å². The van der Waals surface area contributed by atoms with Crippen LogP contribution in [0, 0.1) is 10.1 Å². The molecule has 0 amide bonds. The highest BCUT2D eigenvalue weighted by Crippen LogP contribution is 2.55. The van der Waals surface area contributed by atoms with Crippen LogP contribution in [0.3, 0.4) is 0 Å². The summed E-state index contributed by atoms with van der Waals surface area (Å²) >= 11 is 0.907. The van der Waals surface area contributed by atoms with E-state index in [0.29, 0.717) is 17.0 Å². The molecular weight excluding hydrogens is 653 g/mol. The smallest absolute Gasteiger partial charge is 0.456 e. The van der Waals surface area contributed by atoms with E-state index in [1.54, 1.807) is 24.3 Å². The first-order valence-electron chi connectivity index (χ1n) is 14.1. The number of hydrogen-bond acceptors (Lipinski definition) is 11. The van der Waals surface area contributed by atoms with E-state index < -0.39 is 45.4 Å². The third-order valence-electron chi connectivity index (χ3n) is 7.95. The van der Waals surface area contributed by atoms with E-state index in [4.69, 9.17) is 9.57 Å². The van der Waals surface area contributed by atoms with Crippen LogP contribution in [0.1, 0.15) is 40.2 Å². The molecule has 2 aliphatic rings. The first-order chi connectivity index (χ1) is 22.7. The molecule has 3 heterocycles. The lowest BCUT2D eigenvalue weighted by Gasteiger charge is -2.45. The average molecular weight is 677 g/mol. The number of hydroxylamine groups is 1. The number of hydrogen-bond donors (Lipinski definition) is 1. The van der Waals surface area contributed by atoms with Crippen molar-refractivity contribution >= 4 is 52.0 Å². The number of rotatable bonds is 7. The van der Waals surface area contributed by atoms with Crippen LogP contribution in [0.25, 0.3) is 11.8 Å². The van der Waals surface area contributed by atoms with Gasteiger partial charge in [-0.05, 0) is 79.4 Å². The van der Waals surface area contributed by atoms with Gasteiger partial charge in [-0.2, -0.15) is 23.3 Å². The maximum atomic E-state index is 13.5. The average Bonchev–Trinajstić information content (AvgIpc) is 3.66. The third kappa shape index (κ3) is 5.47. The zero-order valence-electron chi connectivity index (χ0n) is 25.0. The zero-order chi connectivity index (χ0) is 34.4. The number of fused-ring (bicyclic) bond motifs is 2. The fraction of sp³-hybridized carbons (Fsp3) is 0.152. The van der Waals surface area contributed by atoms with Crippen LogP contribution in [-0.2, 0) is 15.0 Å². The zero-order valence-corrected chi connectivity index (χ0v) is 25.8. The Hall–Kier alpha value is -5.83. The summed E-state index contributed by atoms with van der Waals surface area (Å²) in [6.07, 6.45) is -1.97. The number of nitro benzene ring substituents is 1. The van der Waals surface area contributed by atoms with Gasteiger partial charge in [0.1, 0.15) is 5.75 Å². The van der Waals surface area contributed by atoms with Crippen molar-refractivity contribution in [2.75, 3.05) is 5.06 Å². The van der Waals surface area contributed by atoms with E-state index in [1.807, 2.05) is 26.0 Å². The number of halogens is 3. The van der Waals surface area contributed by atoms with Crippen molar-refractivity contribution in [1.82, 2.24) is 0 Å². The molecule has 11 nitrogen and oxygen atoms in total. The number of allylic oxidation sites excluding steroid dienone is 1. The SMILES string of the molecule is CC1(C)c2ccccc2N(OC(=O)c2ccc(N=N/C(C(=O)C(F)(F)F)=C(/O)c3cccs3)cc2)C12C=Cc1cc([N+](=O)[O-])ccc1O2. The number of azo groups is 1. The van der Waals surface area contributed by atoms with Crippen LogP contribution in [0.5, 0.6) is 5.75 Å². The van der Waals surface area contributed by atoms with Gasteiger partial charge in [0.15, 0.2) is 11.5 Å². The van der Waals surface area contributed by atoms with E-state index in [9.17, 15) is 38.0 Å². The standard InChI is InChI=1S/C33H23F3N4O7S/c1-31(2)23-6-3-4-7-24(23)39(32(31)16-15-20-18-22(40(44)45)13-14-25(20)46-32)47-30(43)19-9-11-21(12-10-19)37-38-27(29(42)33(34,35)36)28(41)26-8-5-17-48-26/h3-18,41H,1-2H3/b28-27+,38-37?. The minimum Gasteiger partial charge on any atom is -0.504 e. The van der Waals surface area contributed by atoms with Gasteiger partial charge in [-0.25, -0.2) is 4.79 Å². The van der Waals surface area contributed by atoms with Gasteiger partial charge in [0, 0.05) is 17.7 Å². The Morgan fingerprint density at radius 3 is 2.44 bits per heavy atom. The number of nitro groups is 1. The Labute approximate surface area is 274 Å². The van der Waals surface area contributed by atoms with Gasteiger partial charge in [0.2, 0.25) is 5.72 Å². The number of carbonyl (C=O) groups is 2. The molecule has 3 aromatic carbocycles. The van der Waals surface area contributed by atoms with Crippen molar-refractivity contribution in [3.05, 3.63) is 128 Å². The summed E-state index contributed by atoms with van der Waals surface area (Å²) in [7, 11) is 0. The van der Waals surface area contributed by atoms with E-state index >= 15 is 0 Å². The van der Waals surface area contributed by atoms with Crippen molar-refractivity contribution in [3.8, 4) is 5.75 Å². The second-order valence-electron chi connectivity index (χ2n) is 11.2. The summed E-state index contributed by atoms with van der Waals surface area (Å²) in [4.78, 5) is 42.3. The summed E-state index contributed by atoms with van der Waals surface area (Å²) in [6.45, 7) is 3.81. The van der Waals surface area contributed by atoms with Crippen molar-refractivity contribution in [3.63, 3.8) is 0 Å². The summed E-state index contributed by atoms with van der Waals surface area (Å²) in [6, 6.07) is 19.4. The number of nitrogens with zero attached hydrogens (tertiary/aromatic N) is 4. The number of anilines is 1.